The van der Waals surface area contributed by atoms with Gasteiger partial charge in [-0.15, -0.1) is 0 Å². The Hall–Kier alpha value is -3.20. The minimum atomic E-state index is -0.452. The Morgan fingerprint density at radius 3 is 2.75 bits per heavy atom. The van der Waals surface area contributed by atoms with Crippen LogP contribution in [-0.2, 0) is 0 Å². The maximum absolute atomic E-state index is 14.3. The van der Waals surface area contributed by atoms with Crippen molar-refractivity contribution >= 4 is 22.6 Å². The number of ketones is 1. The monoisotopic (exact) mass is 376 g/mol. The largest absolute Gasteiger partial charge is 0.383 e. The molecule has 142 valence electrons. The number of nitrogens with zero attached hydrogens (tertiary/aromatic N) is 3. The quantitative estimate of drug-likeness (QED) is 0.549. The number of hydrogen-bond acceptors (Lipinski definition) is 4. The minimum absolute atomic E-state index is 0.0413. The van der Waals surface area contributed by atoms with Gasteiger partial charge in [-0.1, -0.05) is 11.8 Å². The molecule has 2 heterocycles. The summed E-state index contributed by atoms with van der Waals surface area (Å²) in [6, 6.07) is 4.53. The summed E-state index contributed by atoms with van der Waals surface area (Å²) >= 11 is 0. The number of halogens is 1. The highest BCUT2D eigenvalue weighted by molar-refractivity contribution is 5.97. The van der Waals surface area contributed by atoms with E-state index >= 15 is 0 Å². The number of carbonyl (C=O) groups is 1. The summed E-state index contributed by atoms with van der Waals surface area (Å²) in [7, 11) is 0. The lowest BCUT2D eigenvalue weighted by molar-refractivity contribution is 0.0976. The number of hydrogen-bond donors (Lipinski definition) is 1. The topological polar surface area (TPSA) is 73.8 Å². The fourth-order valence-corrected chi connectivity index (χ4v) is 3.23. The van der Waals surface area contributed by atoms with Gasteiger partial charge in [0.15, 0.2) is 5.78 Å². The molecule has 2 aromatic heterocycles. The van der Waals surface area contributed by atoms with E-state index < -0.39 is 5.82 Å². The first kappa shape index (κ1) is 18.2. The average Bonchev–Trinajstić information content (AvgIpc) is 3.39. The maximum Gasteiger partial charge on any atom is 0.163 e. The van der Waals surface area contributed by atoms with E-state index in [2.05, 4.69) is 21.8 Å². The van der Waals surface area contributed by atoms with Crippen LogP contribution in [0.5, 0.6) is 0 Å². The first-order valence-corrected chi connectivity index (χ1v) is 9.40. The zero-order valence-electron chi connectivity index (χ0n) is 15.9. The lowest BCUT2D eigenvalue weighted by atomic mass is 10.0. The van der Waals surface area contributed by atoms with Gasteiger partial charge >= 0.3 is 0 Å². The van der Waals surface area contributed by atoms with Crippen LogP contribution >= 0.6 is 0 Å². The molecule has 1 fully saturated rings. The summed E-state index contributed by atoms with van der Waals surface area (Å²) in [5.74, 6) is 6.27. The summed E-state index contributed by atoms with van der Waals surface area (Å²) in [6.07, 6.45) is 6.00. The smallest absolute Gasteiger partial charge is 0.163 e. The van der Waals surface area contributed by atoms with Crippen molar-refractivity contribution in [2.45, 2.75) is 39.2 Å². The molecule has 0 amide bonds. The van der Waals surface area contributed by atoms with Crippen molar-refractivity contribution in [3.05, 3.63) is 53.2 Å². The molecule has 0 spiro atoms. The molecular formula is C22H21FN4O. The van der Waals surface area contributed by atoms with Crippen LogP contribution in [0.25, 0.3) is 11.0 Å². The van der Waals surface area contributed by atoms with E-state index in [-0.39, 0.29) is 17.4 Å². The lowest BCUT2D eigenvalue weighted by Gasteiger charge is -2.07. The minimum Gasteiger partial charge on any atom is -0.383 e. The number of aromatic nitrogens is 3. The summed E-state index contributed by atoms with van der Waals surface area (Å²) in [5.41, 5.74) is 8.07. The van der Waals surface area contributed by atoms with Crippen molar-refractivity contribution < 1.29 is 9.18 Å². The number of nitrogen functional groups attached to an aromatic ring is 1. The molecule has 1 aliphatic rings. The van der Waals surface area contributed by atoms with E-state index in [9.17, 15) is 9.18 Å². The normalized spacial score (nSPS) is 13.6. The molecule has 0 saturated heterocycles. The third-order valence-corrected chi connectivity index (χ3v) is 4.99. The second-order valence-corrected chi connectivity index (χ2v) is 7.52. The van der Waals surface area contributed by atoms with Crippen LogP contribution in [0.15, 0.2) is 30.7 Å². The molecule has 5 nitrogen and oxygen atoms in total. The number of Topliss-reactive ketones (excluding diaryl/α,β-unsaturated/α-hetero) is 1. The SMILES string of the molecule is CC(C)n1cc(C#Cc2cc(C(=O)CC3CC3)ccc2F)c2c(N)ncnc21. The van der Waals surface area contributed by atoms with Gasteiger partial charge in [0.1, 0.15) is 23.6 Å². The third kappa shape index (κ3) is 3.48. The highest BCUT2D eigenvalue weighted by atomic mass is 19.1. The van der Waals surface area contributed by atoms with Crippen LogP contribution in [0.2, 0.25) is 0 Å². The van der Waals surface area contributed by atoms with Crippen molar-refractivity contribution in [2.75, 3.05) is 5.73 Å². The molecule has 0 bridgehead atoms. The molecule has 1 aromatic carbocycles. The Morgan fingerprint density at radius 1 is 1.29 bits per heavy atom. The molecule has 0 unspecified atom stereocenters. The molecule has 28 heavy (non-hydrogen) atoms. The fraction of sp³-hybridized carbons (Fsp3) is 0.318. The Labute approximate surface area is 162 Å². The van der Waals surface area contributed by atoms with Gasteiger partial charge in [-0.3, -0.25) is 4.79 Å². The number of carbonyl (C=O) groups excluding carboxylic acids is 1. The molecule has 0 radical (unpaired) electrons. The Bertz CT molecular complexity index is 1130. The van der Waals surface area contributed by atoms with Crippen molar-refractivity contribution in [3.8, 4) is 11.8 Å². The second kappa shape index (κ2) is 7.08. The fourth-order valence-electron chi connectivity index (χ4n) is 3.23. The molecular weight excluding hydrogens is 355 g/mol. The van der Waals surface area contributed by atoms with E-state index in [0.717, 1.165) is 12.8 Å². The summed E-state index contributed by atoms with van der Waals surface area (Å²) in [6.45, 7) is 4.06. The van der Waals surface area contributed by atoms with Gasteiger partial charge in [-0.2, -0.15) is 0 Å². The molecule has 6 heteroatoms. The Morgan fingerprint density at radius 2 is 2.04 bits per heavy atom. The van der Waals surface area contributed by atoms with Crippen LogP contribution in [0.1, 0.15) is 60.6 Å². The molecule has 0 aliphatic heterocycles. The van der Waals surface area contributed by atoms with Gasteiger partial charge in [0.25, 0.3) is 0 Å². The van der Waals surface area contributed by atoms with Crippen LogP contribution in [0.3, 0.4) is 0 Å². The average molecular weight is 376 g/mol. The van der Waals surface area contributed by atoms with Gasteiger partial charge in [0.05, 0.1) is 16.5 Å². The first-order valence-electron chi connectivity index (χ1n) is 9.40. The molecule has 3 aromatic rings. The summed E-state index contributed by atoms with van der Waals surface area (Å²) < 4.78 is 16.2. The standard InChI is InChI=1S/C22H21FN4O/c1-13(2)27-11-17(20-21(24)25-12-26-22(20)27)6-5-15-10-16(7-8-18(15)23)19(28)9-14-3-4-14/h7-8,10-14H,3-4,9H2,1-2H3,(H2,24,25,26). The van der Waals surface area contributed by atoms with Crippen LogP contribution in [0, 0.1) is 23.6 Å². The zero-order chi connectivity index (χ0) is 19.8. The van der Waals surface area contributed by atoms with E-state index in [4.69, 9.17) is 5.73 Å². The third-order valence-electron chi connectivity index (χ3n) is 4.99. The van der Waals surface area contributed by atoms with E-state index in [0.29, 0.717) is 40.3 Å². The molecule has 0 atom stereocenters. The summed E-state index contributed by atoms with van der Waals surface area (Å²) in [5, 5.41) is 0.657. The Kier molecular flexibility index (Phi) is 4.60. The molecule has 1 saturated carbocycles. The number of fused-ring (bicyclic) bond motifs is 1. The van der Waals surface area contributed by atoms with Crippen LogP contribution in [-0.4, -0.2) is 20.3 Å². The highest BCUT2D eigenvalue weighted by Crippen LogP contribution is 2.33. The molecule has 2 N–H and O–H groups in total. The van der Waals surface area contributed by atoms with Crippen LogP contribution in [0.4, 0.5) is 10.2 Å². The molecule has 4 rings (SSSR count). The zero-order valence-corrected chi connectivity index (χ0v) is 15.9. The van der Waals surface area contributed by atoms with Crippen molar-refractivity contribution in [3.63, 3.8) is 0 Å². The predicted molar refractivity (Wildman–Crippen MR) is 106 cm³/mol. The predicted octanol–water partition coefficient (Wildman–Crippen LogP) is 4.12. The lowest BCUT2D eigenvalue weighted by Crippen LogP contribution is -2.01. The van der Waals surface area contributed by atoms with Gasteiger partial charge in [0.2, 0.25) is 0 Å². The van der Waals surface area contributed by atoms with E-state index in [1.807, 2.05) is 24.6 Å². The molecule has 1 aliphatic carbocycles. The van der Waals surface area contributed by atoms with Crippen molar-refractivity contribution in [2.24, 2.45) is 5.92 Å². The van der Waals surface area contributed by atoms with Crippen LogP contribution < -0.4 is 5.73 Å². The van der Waals surface area contributed by atoms with Crippen molar-refractivity contribution in [1.29, 1.82) is 0 Å². The second-order valence-electron chi connectivity index (χ2n) is 7.52. The van der Waals surface area contributed by atoms with Gasteiger partial charge in [0, 0.05) is 24.2 Å². The van der Waals surface area contributed by atoms with Gasteiger partial charge in [-0.05, 0) is 50.8 Å². The maximum atomic E-state index is 14.3. The first-order chi connectivity index (χ1) is 13.4. The van der Waals surface area contributed by atoms with Crippen molar-refractivity contribution in [1.82, 2.24) is 14.5 Å². The van der Waals surface area contributed by atoms with Gasteiger partial charge < -0.3 is 10.3 Å². The highest BCUT2D eigenvalue weighted by Gasteiger charge is 2.25. The summed E-state index contributed by atoms with van der Waals surface area (Å²) in [4.78, 5) is 20.7. The number of anilines is 1. The Balaban J connectivity index is 1.74. The number of nitrogens with two attached hydrogens (primary N) is 1. The number of benzene rings is 1. The van der Waals surface area contributed by atoms with E-state index in [1.165, 1.54) is 24.5 Å². The number of rotatable bonds is 4. The van der Waals surface area contributed by atoms with Gasteiger partial charge in [-0.25, -0.2) is 14.4 Å². The van der Waals surface area contributed by atoms with E-state index in [1.54, 1.807) is 0 Å².